The maximum atomic E-state index is 14.1. The molecule has 2 aromatic rings. The molecule has 2 rings (SSSR count). The van der Waals surface area contributed by atoms with Gasteiger partial charge in [-0.3, -0.25) is 0 Å². The van der Waals surface area contributed by atoms with Gasteiger partial charge in [-0.25, -0.2) is 4.39 Å². The van der Waals surface area contributed by atoms with Crippen molar-refractivity contribution >= 4 is 38.9 Å². The van der Waals surface area contributed by atoms with Crippen LogP contribution in [0.2, 0.25) is 4.34 Å². The van der Waals surface area contributed by atoms with Crippen molar-refractivity contribution in [3.63, 3.8) is 0 Å². The molecule has 19 heavy (non-hydrogen) atoms. The van der Waals surface area contributed by atoms with E-state index in [1.54, 1.807) is 6.07 Å². The van der Waals surface area contributed by atoms with Crippen molar-refractivity contribution in [1.82, 2.24) is 5.32 Å². The first kappa shape index (κ1) is 15.0. The summed E-state index contributed by atoms with van der Waals surface area (Å²) in [6, 6.07) is 8.64. The summed E-state index contributed by atoms with van der Waals surface area (Å²) in [7, 11) is 0. The monoisotopic (exact) mass is 361 g/mol. The van der Waals surface area contributed by atoms with Gasteiger partial charge in [-0.2, -0.15) is 0 Å². The lowest BCUT2D eigenvalue weighted by Crippen LogP contribution is -2.23. The van der Waals surface area contributed by atoms with Gasteiger partial charge in [0, 0.05) is 14.9 Å². The first-order chi connectivity index (χ1) is 9.11. The molecular formula is C14H14BrClFNS. The number of hydrogen-bond donors (Lipinski definition) is 1. The Morgan fingerprint density at radius 2 is 2.16 bits per heavy atom. The fourth-order valence-electron chi connectivity index (χ4n) is 1.87. The van der Waals surface area contributed by atoms with Crippen LogP contribution in [0.5, 0.6) is 0 Å². The zero-order valence-electron chi connectivity index (χ0n) is 10.4. The van der Waals surface area contributed by atoms with Crippen molar-refractivity contribution in [3.8, 4) is 0 Å². The molecule has 0 saturated carbocycles. The summed E-state index contributed by atoms with van der Waals surface area (Å²) in [5, 5.41) is 3.37. The van der Waals surface area contributed by atoms with Gasteiger partial charge >= 0.3 is 0 Å². The molecule has 1 nitrogen and oxygen atoms in total. The molecule has 0 aliphatic carbocycles. The van der Waals surface area contributed by atoms with Crippen molar-refractivity contribution in [3.05, 3.63) is 55.4 Å². The first-order valence-electron chi connectivity index (χ1n) is 6.05. The molecule has 0 amide bonds. The maximum Gasteiger partial charge on any atom is 0.128 e. The molecule has 1 aromatic heterocycles. The molecule has 0 radical (unpaired) electrons. The number of benzene rings is 1. The minimum Gasteiger partial charge on any atom is -0.306 e. The van der Waals surface area contributed by atoms with Gasteiger partial charge in [0.1, 0.15) is 5.82 Å². The number of hydrogen-bond acceptors (Lipinski definition) is 2. The van der Waals surface area contributed by atoms with Crippen LogP contribution in [-0.4, -0.2) is 6.54 Å². The maximum absolute atomic E-state index is 14.1. The van der Waals surface area contributed by atoms with Crippen molar-refractivity contribution in [2.24, 2.45) is 0 Å². The van der Waals surface area contributed by atoms with Crippen molar-refractivity contribution < 1.29 is 4.39 Å². The Morgan fingerprint density at radius 1 is 1.37 bits per heavy atom. The summed E-state index contributed by atoms with van der Waals surface area (Å²) in [4.78, 5) is 1.02. The molecule has 0 fully saturated rings. The second-order valence-electron chi connectivity index (χ2n) is 4.19. The normalized spacial score (nSPS) is 12.6. The highest BCUT2D eigenvalue weighted by atomic mass is 79.9. The fourth-order valence-corrected chi connectivity index (χ4v) is 3.41. The molecule has 102 valence electrons. The standard InChI is InChI=1S/C14H14BrClFNS/c1-2-7-18-14(12-5-6-13(16)19-12)10-8-9(15)3-4-11(10)17/h3-6,8,14,18H,2,7H2,1H3. The molecular weight excluding hydrogens is 349 g/mol. The Bertz CT molecular complexity index is 558. The number of nitrogens with one attached hydrogen (secondary N) is 1. The molecule has 1 heterocycles. The zero-order valence-corrected chi connectivity index (χ0v) is 13.6. The lowest BCUT2D eigenvalue weighted by molar-refractivity contribution is 0.551. The van der Waals surface area contributed by atoms with Gasteiger partial charge in [0.2, 0.25) is 0 Å². The van der Waals surface area contributed by atoms with Crippen LogP contribution in [0.4, 0.5) is 4.39 Å². The number of thiophene rings is 1. The molecule has 1 atom stereocenters. The van der Waals surface area contributed by atoms with Crippen molar-refractivity contribution in [1.29, 1.82) is 0 Å². The van der Waals surface area contributed by atoms with Gasteiger partial charge in [0.05, 0.1) is 10.4 Å². The zero-order chi connectivity index (χ0) is 13.8. The van der Waals surface area contributed by atoms with E-state index >= 15 is 0 Å². The number of rotatable bonds is 5. The average Bonchev–Trinajstić information content (AvgIpc) is 2.80. The molecule has 0 aliphatic heterocycles. The van der Waals surface area contributed by atoms with Gasteiger partial charge in [0.25, 0.3) is 0 Å². The van der Waals surface area contributed by atoms with Gasteiger partial charge < -0.3 is 5.32 Å². The van der Waals surface area contributed by atoms with Crippen LogP contribution in [0.1, 0.15) is 29.8 Å². The quantitative estimate of drug-likeness (QED) is 0.751. The molecule has 0 bridgehead atoms. The summed E-state index contributed by atoms with van der Waals surface area (Å²) in [6.45, 7) is 2.91. The van der Waals surface area contributed by atoms with Gasteiger partial charge in [0.15, 0.2) is 0 Å². The Morgan fingerprint density at radius 3 is 2.79 bits per heavy atom. The minimum absolute atomic E-state index is 0.157. The van der Waals surface area contributed by atoms with Gasteiger partial charge in [-0.05, 0) is 43.3 Å². The van der Waals surface area contributed by atoms with E-state index in [-0.39, 0.29) is 11.9 Å². The molecule has 0 spiro atoms. The lowest BCUT2D eigenvalue weighted by atomic mass is 10.0. The molecule has 1 unspecified atom stereocenters. The van der Waals surface area contributed by atoms with E-state index in [0.29, 0.717) is 9.90 Å². The predicted molar refractivity (Wildman–Crippen MR) is 83.6 cm³/mol. The Balaban J connectivity index is 2.39. The summed E-state index contributed by atoms with van der Waals surface area (Å²) in [6.07, 6.45) is 0.991. The average molecular weight is 363 g/mol. The Labute approximate surface area is 129 Å². The smallest absolute Gasteiger partial charge is 0.128 e. The first-order valence-corrected chi connectivity index (χ1v) is 8.04. The third kappa shape index (κ3) is 3.78. The van der Waals surface area contributed by atoms with Crippen LogP contribution in [0.25, 0.3) is 0 Å². The SMILES string of the molecule is CCCNC(c1ccc(Cl)s1)c1cc(Br)ccc1F. The second kappa shape index (κ2) is 6.84. The summed E-state index contributed by atoms with van der Waals surface area (Å²) in [5.41, 5.74) is 0.640. The molecule has 0 saturated heterocycles. The highest BCUT2D eigenvalue weighted by molar-refractivity contribution is 9.10. The third-order valence-corrected chi connectivity index (χ3v) is 4.54. The van der Waals surface area contributed by atoms with Gasteiger partial charge in [-0.15, -0.1) is 11.3 Å². The van der Waals surface area contributed by atoms with E-state index in [9.17, 15) is 4.39 Å². The van der Waals surface area contributed by atoms with Crippen molar-refractivity contribution in [2.75, 3.05) is 6.54 Å². The highest BCUT2D eigenvalue weighted by Crippen LogP contribution is 2.33. The van der Waals surface area contributed by atoms with E-state index in [0.717, 1.165) is 22.3 Å². The van der Waals surface area contributed by atoms with Crippen LogP contribution in [0.15, 0.2) is 34.8 Å². The second-order valence-corrected chi connectivity index (χ2v) is 6.86. The minimum atomic E-state index is -0.207. The van der Waals surface area contributed by atoms with Crippen molar-refractivity contribution in [2.45, 2.75) is 19.4 Å². The van der Waals surface area contributed by atoms with Crippen LogP contribution >= 0.6 is 38.9 Å². The fraction of sp³-hybridized carbons (Fsp3) is 0.286. The van der Waals surface area contributed by atoms with E-state index in [1.165, 1.54) is 17.4 Å². The summed E-state index contributed by atoms with van der Waals surface area (Å²) < 4.78 is 15.6. The van der Waals surface area contributed by atoms with Crippen LogP contribution < -0.4 is 5.32 Å². The van der Waals surface area contributed by atoms with E-state index in [1.807, 2.05) is 18.2 Å². The van der Waals surface area contributed by atoms with Crippen LogP contribution in [0.3, 0.4) is 0 Å². The van der Waals surface area contributed by atoms with Gasteiger partial charge in [-0.1, -0.05) is 34.5 Å². The highest BCUT2D eigenvalue weighted by Gasteiger charge is 2.19. The van der Waals surface area contributed by atoms with E-state index in [2.05, 4.69) is 28.2 Å². The molecule has 1 N–H and O–H groups in total. The van der Waals surface area contributed by atoms with E-state index in [4.69, 9.17) is 11.6 Å². The molecule has 1 aromatic carbocycles. The number of halogens is 3. The Hall–Kier alpha value is -0.420. The third-order valence-electron chi connectivity index (χ3n) is 2.75. The summed E-state index contributed by atoms with van der Waals surface area (Å²) in [5.74, 6) is -0.207. The van der Waals surface area contributed by atoms with E-state index < -0.39 is 0 Å². The molecule has 5 heteroatoms. The largest absolute Gasteiger partial charge is 0.306 e. The van der Waals surface area contributed by atoms with Crippen LogP contribution in [0, 0.1) is 5.82 Å². The summed E-state index contributed by atoms with van der Waals surface area (Å²) >= 11 is 10.9. The lowest BCUT2D eigenvalue weighted by Gasteiger charge is -2.18. The Kier molecular flexibility index (Phi) is 5.39. The topological polar surface area (TPSA) is 12.0 Å². The van der Waals surface area contributed by atoms with Crippen LogP contribution in [-0.2, 0) is 0 Å². The predicted octanol–water partition coefficient (Wildman–Crippen LogP) is 5.39. The molecule has 0 aliphatic rings.